The molecule has 1 aromatic rings. The van der Waals surface area contributed by atoms with Crippen LogP contribution in [0.15, 0.2) is 24.3 Å². The van der Waals surface area contributed by atoms with Gasteiger partial charge in [0.05, 0.1) is 6.61 Å². The Morgan fingerprint density at radius 2 is 2.00 bits per heavy atom. The number of urea groups is 1. The molecule has 0 unspecified atom stereocenters. The van der Waals surface area contributed by atoms with Crippen LogP contribution in [0.4, 0.5) is 10.5 Å². The van der Waals surface area contributed by atoms with Crippen LogP contribution in [0.1, 0.15) is 0 Å². The topological polar surface area (TPSA) is 78.9 Å². The maximum Gasteiger partial charge on any atom is 0.323 e. The molecule has 0 aliphatic carbocycles. The lowest BCUT2D eigenvalue weighted by atomic mass is 10.3. The number of halogens is 1. The Labute approximate surface area is 124 Å². The smallest absolute Gasteiger partial charge is 0.323 e. The summed E-state index contributed by atoms with van der Waals surface area (Å²) in [7, 11) is 1.50. The molecule has 104 valence electrons. The fourth-order valence-corrected chi connectivity index (χ4v) is 1.71. The maximum absolute atomic E-state index is 11.9. The number of amides is 2. The summed E-state index contributed by atoms with van der Waals surface area (Å²) in [5.41, 5.74) is 0.623. The molecular formula is C12H15IN2O4. The summed E-state index contributed by atoms with van der Waals surface area (Å²) in [4.78, 5) is 23.8. The third-order valence-electron chi connectivity index (χ3n) is 2.27. The summed E-state index contributed by atoms with van der Waals surface area (Å²) in [5.74, 6) is -1.06. The van der Waals surface area contributed by atoms with Crippen molar-refractivity contribution in [3.63, 3.8) is 0 Å². The Morgan fingerprint density at radius 1 is 1.37 bits per heavy atom. The number of rotatable bonds is 6. The molecule has 0 bridgehead atoms. The van der Waals surface area contributed by atoms with E-state index < -0.39 is 12.0 Å². The minimum atomic E-state index is -1.06. The number of anilines is 1. The van der Waals surface area contributed by atoms with Crippen molar-refractivity contribution in [2.75, 3.05) is 32.1 Å². The van der Waals surface area contributed by atoms with Gasteiger partial charge in [-0.05, 0) is 46.9 Å². The van der Waals surface area contributed by atoms with Crippen LogP contribution >= 0.6 is 22.6 Å². The van der Waals surface area contributed by atoms with Gasteiger partial charge in [-0.2, -0.15) is 0 Å². The van der Waals surface area contributed by atoms with Crippen molar-refractivity contribution in [2.24, 2.45) is 0 Å². The summed E-state index contributed by atoms with van der Waals surface area (Å²) in [6.45, 7) is 0.145. The first-order chi connectivity index (χ1) is 9.02. The van der Waals surface area contributed by atoms with Crippen LogP contribution < -0.4 is 5.32 Å². The molecule has 7 heteroatoms. The molecule has 0 aromatic heterocycles. The average molecular weight is 378 g/mol. The molecule has 0 radical (unpaired) electrons. The zero-order valence-electron chi connectivity index (χ0n) is 10.4. The number of carboxylic acid groups (broad SMARTS) is 1. The van der Waals surface area contributed by atoms with E-state index in [0.717, 1.165) is 3.57 Å². The highest BCUT2D eigenvalue weighted by Gasteiger charge is 2.16. The standard InChI is InChI=1S/C12H15IN2O4/c1-19-7-6-15(8-11(16)17)12(18)14-10-4-2-9(13)3-5-10/h2-5H,6-8H2,1H3,(H,14,18)(H,16,17). The number of ether oxygens (including phenoxy) is 1. The van der Waals surface area contributed by atoms with Gasteiger partial charge in [-0.15, -0.1) is 0 Å². The molecule has 0 atom stereocenters. The normalized spacial score (nSPS) is 10.0. The number of carbonyl (C=O) groups excluding carboxylic acids is 1. The van der Waals surface area contributed by atoms with Gasteiger partial charge >= 0.3 is 12.0 Å². The van der Waals surface area contributed by atoms with Gasteiger partial charge in [0.15, 0.2) is 0 Å². The van der Waals surface area contributed by atoms with Gasteiger partial charge in [0, 0.05) is 22.9 Å². The van der Waals surface area contributed by atoms with Gasteiger partial charge in [0.25, 0.3) is 0 Å². The monoisotopic (exact) mass is 378 g/mol. The van der Waals surface area contributed by atoms with Crippen LogP contribution in [-0.2, 0) is 9.53 Å². The molecule has 1 rings (SSSR count). The van der Waals surface area contributed by atoms with E-state index in [-0.39, 0.29) is 19.7 Å². The van der Waals surface area contributed by atoms with Crippen LogP contribution in [0, 0.1) is 3.57 Å². The molecule has 0 saturated heterocycles. The fourth-order valence-electron chi connectivity index (χ4n) is 1.35. The predicted octanol–water partition coefficient (Wildman–Crippen LogP) is 1.86. The zero-order chi connectivity index (χ0) is 14.3. The molecule has 19 heavy (non-hydrogen) atoms. The molecule has 1 aromatic carbocycles. The highest BCUT2D eigenvalue weighted by Crippen LogP contribution is 2.11. The van der Waals surface area contributed by atoms with Crippen LogP contribution in [0.2, 0.25) is 0 Å². The molecule has 0 aliphatic heterocycles. The summed E-state index contributed by atoms with van der Waals surface area (Å²) in [5, 5.41) is 11.4. The van der Waals surface area contributed by atoms with Gasteiger partial charge in [-0.25, -0.2) is 4.79 Å². The Hall–Kier alpha value is -1.35. The minimum Gasteiger partial charge on any atom is -0.480 e. The number of nitrogens with one attached hydrogen (secondary N) is 1. The number of nitrogens with zero attached hydrogens (tertiary/aromatic N) is 1. The summed E-state index contributed by atoms with van der Waals surface area (Å²) < 4.78 is 5.91. The van der Waals surface area contributed by atoms with Gasteiger partial charge in [-0.3, -0.25) is 4.79 Å². The highest BCUT2D eigenvalue weighted by atomic mass is 127. The molecular weight excluding hydrogens is 363 g/mol. The van der Waals surface area contributed by atoms with E-state index in [4.69, 9.17) is 9.84 Å². The lowest BCUT2D eigenvalue weighted by Gasteiger charge is -2.20. The van der Waals surface area contributed by atoms with E-state index >= 15 is 0 Å². The van der Waals surface area contributed by atoms with Crippen molar-refractivity contribution in [2.45, 2.75) is 0 Å². The van der Waals surface area contributed by atoms with Crippen molar-refractivity contribution in [3.05, 3.63) is 27.8 Å². The predicted molar refractivity (Wildman–Crippen MR) is 79.3 cm³/mol. The molecule has 2 amide bonds. The van der Waals surface area contributed by atoms with Gasteiger partial charge in [0.2, 0.25) is 0 Å². The average Bonchev–Trinajstić information content (AvgIpc) is 2.36. The SMILES string of the molecule is COCCN(CC(=O)O)C(=O)Nc1ccc(I)cc1. The van der Waals surface area contributed by atoms with Crippen LogP contribution in [-0.4, -0.2) is 48.8 Å². The third-order valence-corrected chi connectivity index (χ3v) is 2.99. The van der Waals surface area contributed by atoms with E-state index in [1.807, 2.05) is 12.1 Å². The molecule has 0 saturated carbocycles. The van der Waals surface area contributed by atoms with E-state index in [1.54, 1.807) is 12.1 Å². The molecule has 6 nitrogen and oxygen atoms in total. The van der Waals surface area contributed by atoms with E-state index in [2.05, 4.69) is 27.9 Å². The summed E-state index contributed by atoms with van der Waals surface area (Å²) in [6.07, 6.45) is 0. The molecule has 0 heterocycles. The number of carboxylic acids is 1. The zero-order valence-corrected chi connectivity index (χ0v) is 12.6. The van der Waals surface area contributed by atoms with Gasteiger partial charge < -0.3 is 20.1 Å². The van der Waals surface area contributed by atoms with E-state index in [0.29, 0.717) is 5.69 Å². The third kappa shape index (κ3) is 5.88. The molecule has 0 fully saturated rings. The summed E-state index contributed by atoms with van der Waals surface area (Å²) in [6, 6.07) is 6.77. The number of benzene rings is 1. The Kier molecular flexibility index (Phi) is 6.57. The Balaban J connectivity index is 2.64. The maximum atomic E-state index is 11.9. The fraction of sp³-hybridized carbons (Fsp3) is 0.333. The highest BCUT2D eigenvalue weighted by molar-refractivity contribution is 14.1. The largest absolute Gasteiger partial charge is 0.480 e. The molecule has 2 N–H and O–H groups in total. The number of methoxy groups -OCH3 is 1. The van der Waals surface area contributed by atoms with Crippen molar-refractivity contribution in [1.29, 1.82) is 0 Å². The van der Waals surface area contributed by atoms with Crippen LogP contribution in [0.5, 0.6) is 0 Å². The first-order valence-corrected chi connectivity index (χ1v) is 6.63. The van der Waals surface area contributed by atoms with Crippen LogP contribution in [0.25, 0.3) is 0 Å². The second kappa shape index (κ2) is 7.95. The van der Waals surface area contributed by atoms with Crippen molar-refractivity contribution in [3.8, 4) is 0 Å². The lowest BCUT2D eigenvalue weighted by Crippen LogP contribution is -2.40. The second-order valence-corrected chi connectivity index (χ2v) is 4.99. The quantitative estimate of drug-likeness (QED) is 0.741. The van der Waals surface area contributed by atoms with Gasteiger partial charge in [0.1, 0.15) is 6.54 Å². The lowest BCUT2D eigenvalue weighted by molar-refractivity contribution is -0.137. The molecule has 0 spiro atoms. The Morgan fingerprint density at radius 3 is 2.53 bits per heavy atom. The molecule has 0 aliphatic rings. The number of carbonyl (C=O) groups is 2. The van der Waals surface area contributed by atoms with E-state index in [9.17, 15) is 9.59 Å². The van der Waals surface area contributed by atoms with Crippen molar-refractivity contribution >= 4 is 40.3 Å². The minimum absolute atomic E-state index is 0.221. The van der Waals surface area contributed by atoms with Gasteiger partial charge in [-0.1, -0.05) is 0 Å². The summed E-state index contributed by atoms with van der Waals surface area (Å²) >= 11 is 2.16. The second-order valence-electron chi connectivity index (χ2n) is 3.75. The first kappa shape index (κ1) is 15.7. The van der Waals surface area contributed by atoms with E-state index in [1.165, 1.54) is 12.0 Å². The van der Waals surface area contributed by atoms with Crippen molar-refractivity contribution < 1.29 is 19.4 Å². The number of hydrogen-bond acceptors (Lipinski definition) is 3. The van der Waals surface area contributed by atoms with Crippen LogP contribution in [0.3, 0.4) is 0 Å². The number of aliphatic carboxylic acids is 1. The van der Waals surface area contributed by atoms with Crippen molar-refractivity contribution in [1.82, 2.24) is 4.90 Å². The Bertz CT molecular complexity index is 436. The first-order valence-electron chi connectivity index (χ1n) is 5.55. The number of hydrogen-bond donors (Lipinski definition) is 2.